The summed E-state index contributed by atoms with van der Waals surface area (Å²) in [6.07, 6.45) is 4.86. The largest absolute Gasteiger partial charge is 0.455 e. The molecule has 1 heterocycles. The molecular weight excluding hydrogens is 667 g/mol. The summed E-state index contributed by atoms with van der Waals surface area (Å²) in [6.45, 7) is -0.387. The number of carbonyl (C=O) groups is 2. The van der Waals surface area contributed by atoms with Crippen LogP contribution in [0.5, 0.6) is 0 Å². The van der Waals surface area contributed by atoms with Gasteiger partial charge in [-0.05, 0) is 99.1 Å². The first-order valence-electron chi connectivity index (χ1n) is 14.0. The zero-order chi connectivity index (χ0) is 29.9. The number of benzene rings is 4. The molecule has 4 aromatic carbocycles. The molecule has 0 unspecified atom stereocenters. The molecule has 1 amide bonds. The van der Waals surface area contributed by atoms with Gasteiger partial charge in [0.2, 0.25) is 0 Å². The second-order valence-electron chi connectivity index (χ2n) is 10.5. The molecule has 5 nitrogen and oxygen atoms in total. The van der Waals surface area contributed by atoms with E-state index in [0.29, 0.717) is 10.0 Å². The lowest BCUT2D eigenvalue weighted by Gasteiger charge is -2.29. The highest BCUT2D eigenvalue weighted by Gasteiger charge is 2.43. The van der Waals surface area contributed by atoms with Gasteiger partial charge >= 0.3 is 5.97 Å². The van der Waals surface area contributed by atoms with Gasteiger partial charge in [0.1, 0.15) is 0 Å². The summed E-state index contributed by atoms with van der Waals surface area (Å²) in [5.74, 6) is -0.725. The van der Waals surface area contributed by atoms with E-state index in [1.165, 1.54) is 16.8 Å². The molecule has 43 heavy (non-hydrogen) atoms. The fourth-order valence-corrected chi connectivity index (χ4v) is 7.52. The summed E-state index contributed by atoms with van der Waals surface area (Å²) in [5, 5.41) is 9.86. The van der Waals surface area contributed by atoms with Gasteiger partial charge in [0.25, 0.3) is 5.91 Å². The van der Waals surface area contributed by atoms with Crippen LogP contribution in [-0.2, 0) is 14.3 Å². The fraction of sp³-hybridized carbons (Fsp3) is 0.206. The van der Waals surface area contributed by atoms with Gasteiger partial charge in [-0.2, -0.15) is 5.10 Å². The summed E-state index contributed by atoms with van der Waals surface area (Å²) < 4.78 is 6.41. The number of hydrogen-bond acceptors (Lipinski definition) is 5. The van der Waals surface area contributed by atoms with Crippen molar-refractivity contribution < 1.29 is 14.3 Å². The van der Waals surface area contributed by atoms with Crippen molar-refractivity contribution in [3.63, 3.8) is 0 Å². The molecule has 0 saturated heterocycles. The van der Waals surface area contributed by atoms with E-state index in [2.05, 4.69) is 22.0 Å². The minimum atomic E-state index is -0.464. The van der Waals surface area contributed by atoms with Crippen molar-refractivity contribution >= 4 is 85.3 Å². The zero-order valence-electron chi connectivity index (χ0n) is 23.0. The number of amides is 1. The first-order chi connectivity index (χ1) is 20.9. The second kappa shape index (κ2) is 13.3. The van der Waals surface area contributed by atoms with Crippen molar-refractivity contribution in [2.75, 3.05) is 12.4 Å². The number of thioether (sulfide) groups is 1. The van der Waals surface area contributed by atoms with Gasteiger partial charge < -0.3 is 4.74 Å². The Hall–Kier alpha value is -3.10. The maximum absolute atomic E-state index is 13.6. The minimum Gasteiger partial charge on any atom is -0.455 e. The maximum Gasteiger partial charge on any atom is 0.316 e. The van der Waals surface area contributed by atoms with Crippen LogP contribution in [0.4, 0.5) is 0 Å². The first-order valence-corrected chi connectivity index (χ1v) is 16.5. The number of esters is 1. The molecule has 0 radical (unpaired) electrons. The molecule has 218 valence electrons. The molecule has 2 aliphatic rings. The standard InChI is InChI=1S/C34H27BrCl2N2O3S/c35-32-27-6-2-1-4-22(27)12-17-29(32)43-20-31(41)42-19-30(40)39-34(23-10-15-26(37)16-11-23)28-7-3-5-24(33(28)38-39)18-21-8-13-25(36)14-9-21/h1-2,4,6,8-18,28,34H,3,5,7,19-20H2/b24-18-/t28-,34+/m0/s1. The smallest absolute Gasteiger partial charge is 0.316 e. The Morgan fingerprint density at radius 1 is 0.977 bits per heavy atom. The average molecular weight is 694 g/mol. The molecule has 1 aliphatic carbocycles. The molecule has 0 bridgehead atoms. The Morgan fingerprint density at radius 3 is 2.47 bits per heavy atom. The number of hydrogen-bond donors (Lipinski definition) is 0. The van der Waals surface area contributed by atoms with E-state index in [4.69, 9.17) is 33.0 Å². The molecule has 4 aromatic rings. The third kappa shape index (κ3) is 6.70. The molecular formula is C34H27BrCl2N2O3S. The van der Waals surface area contributed by atoms with E-state index < -0.39 is 5.97 Å². The van der Waals surface area contributed by atoms with E-state index in [1.54, 1.807) is 0 Å². The van der Waals surface area contributed by atoms with E-state index >= 15 is 0 Å². The molecule has 0 spiro atoms. The molecule has 1 aliphatic heterocycles. The van der Waals surface area contributed by atoms with Gasteiger partial charge in [-0.25, -0.2) is 5.01 Å². The third-order valence-corrected chi connectivity index (χ3v) is 10.4. The van der Waals surface area contributed by atoms with Crippen LogP contribution in [0.3, 0.4) is 0 Å². The van der Waals surface area contributed by atoms with Crippen LogP contribution in [-0.4, -0.2) is 35.0 Å². The second-order valence-corrected chi connectivity index (χ2v) is 13.2. The molecule has 2 atom stereocenters. The third-order valence-electron chi connectivity index (χ3n) is 7.71. The van der Waals surface area contributed by atoms with E-state index in [1.807, 2.05) is 84.9 Å². The number of allylic oxidation sites excluding steroid dienone is 1. The quantitative estimate of drug-likeness (QED) is 0.143. The summed E-state index contributed by atoms with van der Waals surface area (Å²) in [4.78, 5) is 27.3. The molecule has 0 aromatic heterocycles. The van der Waals surface area contributed by atoms with E-state index in [-0.39, 0.29) is 30.2 Å². The number of hydrazone groups is 1. The van der Waals surface area contributed by atoms with Crippen LogP contribution in [0.15, 0.2) is 105 Å². The van der Waals surface area contributed by atoms with Crippen LogP contribution in [0.2, 0.25) is 10.0 Å². The van der Waals surface area contributed by atoms with Crippen LogP contribution in [0.25, 0.3) is 16.8 Å². The molecule has 1 saturated carbocycles. The predicted molar refractivity (Wildman–Crippen MR) is 179 cm³/mol. The van der Waals surface area contributed by atoms with Crippen LogP contribution in [0, 0.1) is 5.92 Å². The number of fused-ring (bicyclic) bond motifs is 2. The van der Waals surface area contributed by atoms with Gasteiger partial charge in [0.15, 0.2) is 6.61 Å². The van der Waals surface area contributed by atoms with E-state index in [0.717, 1.165) is 61.8 Å². The first kappa shape index (κ1) is 29.9. The van der Waals surface area contributed by atoms with Crippen LogP contribution >= 0.6 is 50.9 Å². The predicted octanol–water partition coefficient (Wildman–Crippen LogP) is 9.37. The summed E-state index contributed by atoms with van der Waals surface area (Å²) >= 11 is 17.3. The lowest BCUT2D eigenvalue weighted by molar-refractivity contribution is -0.151. The number of carbonyl (C=O) groups excluding carboxylic acids is 2. The maximum atomic E-state index is 13.6. The van der Waals surface area contributed by atoms with Gasteiger partial charge in [-0.1, -0.05) is 77.8 Å². The number of nitrogens with zero attached hydrogens (tertiary/aromatic N) is 2. The van der Waals surface area contributed by atoms with E-state index in [9.17, 15) is 9.59 Å². The Kier molecular flexibility index (Phi) is 9.24. The monoisotopic (exact) mass is 692 g/mol. The Labute approximate surface area is 273 Å². The van der Waals surface area contributed by atoms with Gasteiger partial charge in [-0.15, -0.1) is 11.8 Å². The van der Waals surface area contributed by atoms with Crippen LogP contribution < -0.4 is 0 Å². The van der Waals surface area contributed by atoms with Gasteiger partial charge in [-0.3, -0.25) is 9.59 Å². The lowest BCUT2D eigenvalue weighted by atomic mass is 9.77. The highest BCUT2D eigenvalue weighted by Crippen LogP contribution is 2.44. The SMILES string of the molecule is O=C(CSc1ccc2ccccc2c1Br)OCC(=O)N1N=C2/C(=C\c3ccc(Cl)cc3)CCC[C@@H]2[C@H]1c1ccc(Cl)cc1. The molecule has 6 rings (SSSR count). The van der Waals surface area contributed by atoms with Crippen molar-refractivity contribution in [1.29, 1.82) is 0 Å². The van der Waals surface area contributed by atoms with Crippen molar-refractivity contribution in [2.45, 2.75) is 30.2 Å². The summed E-state index contributed by atoms with van der Waals surface area (Å²) in [5.41, 5.74) is 3.97. The topological polar surface area (TPSA) is 59.0 Å². The summed E-state index contributed by atoms with van der Waals surface area (Å²) in [7, 11) is 0. The van der Waals surface area contributed by atoms with Crippen molar-refractivity contribution in [3.05, 3.63) is 116 Å². The average Bonchev–Trinajstić information content (AvgIpc) is 3.42. The molecule has 9 heteroatoms. The Morgan fingerprint density at radius 2 is 1.70 bits per heavy atom. The number of halogens is 3. The number of ether oxygens (including phenoxy) is 1. The highest BCUT2D eigenvalue weighted by atomic mass is 79.9. The van der Waals surface area contributed by atoms with Crippen molar-refractivity contribution in [1.82, 2.24) is 5.01 Å². The highest BCUT2D eigenvalue weighted by molar-refractivity contribution is 9.10. The number of rotatable bonds is 7. The minimum absolute atomic E-state index is 0.0222. The van der Waals surface area contributed by atoms with Crippen molar-refractivity contribution in [3.8, 4) is 0 Å². The van der Waals surface area contributed by atoms with Crippen molar-refractivity contribution in [2.24, 2.45) is 11.0 Å². The summed E-state index contributed by atoms with van der Waals surface area (Å²) in [6, 6.07) is 26.9. The van der Waals surface area contributed by atoms with Crippen LogP contribution in [0.1, 0.15) is 36.4 Å². The Bertz CT molecular complexity index is 1740. The zero-order valence-corrected chi connectivity index (χ0v) is 26.9. The Balaban J connectivity index is 1.18. The van der Waals surface area contributed by atoms with Gasteiger partial charge in [0, 0.05) is 25.3 Å². The fourth-order valence-electron chi connectivity index (χ4n) is 5.67. The lowest BCUT2D eigenvalue weighted by Crippen LogP contribution is -2.34. The molecule has 1 fully saturated rings. The molecule has 0 N–H and O–H groups in total. The normalized spacial score (nSPS) is 18.9. The van der Waals surface area contributed by atoms with Gasteiger partial charge in [0.05, 0.1) is 17.5 Å².